The Morgan fingerprint density at radius 1 is 1.38 bits per heavy atom. The third kappa shape index (κ3) is 2.21. The first kappa shape index (κ1) is 11.1. The van der Waals surface area contributed by atoms with Crippen molar-refractivity contribution in [3.05, 3.63) is 28.3 Å². The van der Waals surface area contributed by atoms with Crippen LogP contribution in [-0.2, 0) is 0 Å². The van der Waals surface area contributed by atoms with E-state index in [9.17, 15) is 10.1 Å². The molecule has 2 N–H and O–H groups in total. The van der Waals surface area contributed by atoms with Crippen molar-refractivity contribution in [3.8, 4) is 0 Å². The molecule has 2 rings (SSSR count). The predicted molar refractivity (Wildman–Crippen MR) is 67.0 cm³/mol. The van der Waals surface area contributed by atoms with Gasteiger partial charge in [-0.1, -0.05) is 0 Å². The van der Waals surface area contributed by atoms with Gasteiger partial charge in [0.2, 0.25) is 0 Å². The number of benzene rings is 1. The lowest BCUT2D eigenvalue weighted by Crippen LogP contribution is -2.32. The molecule has 1 aromatic carbocycles. The molecule has 0 aromatic heterocycles. The number of nitro benzene ring substituents is 1. The zero-order valence-corrected chi connectivity index (χ0v) is 9.57. The van der Waals surface area contributed by atoms with Gasteiger partial charge in [0, 0.05) is 36.7 Å². The summed E-state index contributed by atoms with van der Waals surface area (Å²) in [7, 11) is 0. The zero-order chi connectivity index (χ0) is 11.5. The van der Waals surface area contributed by atoms with Crippen LogP contribution in [-0.4, -0.2) is 29.5 Å². The molecule has 86 valence electrons. The van der Waals surface area contributed by atoms with Crippen LogP contribution in [0, 0.1) is 10.1 Å². The Labute approximate surface area is 97.8 Å². The Balaban J connectivity index is 2.24. The van der Waals surface area contributed by atoms with Crippen LogP contribution < -0.4 is 10.6 Å². The minimum absolute atomic E-state index is 0.0487. The number of nitrogen functional groups attached to an aromatic ring is 1. The average Bonchev–Trinajstić information content (AvgIpc) is 2.30. The summed E-state index contributed by atoms with van der Waals surface area (Å²) in [6.07, 6.45) is 0. The highest BCUT2D eigenvalue weighted by molar-refractivity contribution is 7.99. The second-order valence-electron chi connectivity index (χ2n) is 3.60. The highest BCUT2D eigenvalue weighted by Gasteiger charge is 2.16. The van der Waals surface area contributed by atoms with E-state index >= 15 is 0 Å². The molecule has 1 fully saturated rings. The van der Waals surface area contributed by atoms with Gasteiger partial charge in [-0.3, -0.25) is 10.1 Å². The fourth-order valence-electron chi connectivity index (χ4n) is 1.75. The van der Waals surface area contributed by atoms with Gasteiger partial charge in [-0.15, -0.1) is 0 Å². The monoisotopic (exact) mass is 239 g/mol. The number of anilines is 2. The van der Waals surface area contributed by atoms with Crippen LogP contribution in [0.5, 0.6) is 0 Å². The van der Waals surface area contributed by atoms with Gasteiger partial charge in [0.25, 0.3) is 5.69 Å². The molecule has 1 aliphatic heterocycles. The number of hydrogen-bond donors (Lipinski definition) is 1. The molecule has 5 nitrogen and oxygen atoms in total. The molecule has 0 bridgehead atoms. The first-order valence-electron chi connectivity index (χ1n) is 5.05. The molecule has 0 amide bonds. The molecule has 0 saturated carbocycles. The summed E-state index contributed by atoms with van der Waals surface area (Å²) in [6.45, 7) is 1.90. The summed E-state index contributed by atoms with van der Waals surface area (Å²) in [4.78, 5) is 12.3. The summed E-state index contributed by atoms with van der Waals surface area (Å²) < 4.78 is 0. The Kier molecular flexibility index (Phi) is 3.19. The van der Waals surface area contributed by atoms with Gasteiger partial charge >= 0.3 is 0 Å². The van der Waals surface area contributed by atoms with Crippen molar-refractivity contribution in [2.45, 2.75) is 0 Å². The summed E-state index contributed by atoms with van der Waals surface area (Å²) in [5, 5.41) is 10.6. The van der Waals surface area contributed by atoms with Crippen molar-refractivity contribution in [1.29, 1.82) is 0 Å². The minimum Gasteiger partial charge on any atom is -0.397 e. The van der Waals surface area contributed by atoms with E-state index < -0.39 is 4.92 Å². The lowest BCUT2D eigenvalue weighted by Gasteiger charge is -2.29. The van der Waals surface area contributed by atoms with Crippen molar-refractivity contribution in [2.24, 2.45) is 0 Å². The normalized spacial score (nSPS) is 16.1. The summed E-state index contributed by atoms with van der Waals surface area (Å²) >= 11 is 1.92. The molecule has 0 radical (unpaired) electrons. The van der Waals surface area contributed by atoms with Crippen molar-refractivity contribution in [3.63, 3.8) is 0 Å². The smallest absolute Gasteiger partial charge is 0.271 e. The fourth-order valence-corrected chi connectivity index (χ4v) is 2.65. The lowest BCUT2D eigenvalue weighted by atomic mass is 10.2. The Morgan fingerprint density at radius 2 is 2.06 bits per heavy atom. The summed E-state index contributed by atoms with van der Waals surface area (Å²) in [5.41, 5.74) is 7.28. The van der Waals surface area contributed by atoms with Gasteiger partial charge in [0.15, 0.2) is 0 Å². The standard InChI is InChI=1S/C10H13N3O2S/c11-9-7-8(13(14)15)1-2-10(9)12-3-5-16-6-4-12/h1-2,7H,3-6,11H2. The van der Waals surface area contributed by atoms with Crippen molar-refractivity contribution in [2.75, 3.05) is 35.2 Å². The molecule has 1 aliphatic rings. The third-order valence-electron chi connectivity index (χ3n) is 2.57. The second-order valence-corrected chi connectivity index (χ2v) is 4.82. The molecule has 1 saturated heterocycles. The number of thioether (sulfide) groups is 1. The fraction of sp³-hybridized carbons (Fsp3) is 0.400. The molecule has 0 unspecified atom stereocenters. The van der Waals surface area contributed by atoms with Gasteiger partial charge in [-0.05, 0) is 6.07 Å². The SMILES string of the molecule is Nc1cc([N+](=O)[O-])ccc1N1CCSCC1. The lowest BCUT2D eigenvalue weighted by molar-refractivity contribution is -0.384. The summed E-state index contributed by atoms with van der Waals surface area (Å²) in [6, 6.07) is 4.67. The van der Waals surface area contributed by atoms with E-state index in [1.54, 1.807) is 6.07 Å². The van der Waals surface area contributed by atoms with Gasteiger partial charge < -0.3 is 10.6 Å². The highest BCUT2D eigenvalue weighted by atomic mass is 32.2. The Morgan fingerprint density at radius 3 is 2.62 bits per heavy atom. The number of non-ortho nitro benzene ring substituents is 1. The topological polar surface area (TPSA) is 72.4 Å². The average molecular weight is 239 g/mol. The van der Waals surface area contributed by atoms with Crippen LogP contribution in [0.1, 0.15) is 0 Å². The summed E-state index contributed by atoms with van der Waals surface area (Å²) in [5.74, 6) is 2.16. The van der Waals surface area contributed by atoms with Crippen LogP contribution in [0.2, 0.25) is 0 Å². The van der Waals surface area contributed by atoms with E-state index in [1.807, 2.05) is 11.8 Å². The molecule has 16 heavy (non-hydrogen) atoms. The van der Waals surface area contributed by atoms with Crippen LogP contribution in [0.4, 0.5) is 17.1 Å². The maximum absolute atomic E-state index is 10.6. The van der Waals surface area contributed by atoms with E-state index in [0.29, 0.717) is 5.69 Å². The highest BCUT2D eigenvalue weighted by Crippen LogP contribution is 2.29. The first-order valence-corrected chi connectivity index (χ1v) is 6.20. The van der Waals surface area contributed by atoms with E-state index in [0.717, 1.165) is 30.3 Å². The number of rotatable bonds is 2. The minimum atomic E-state index is -0.424. The largest absolute Gasteiger partial charge is 0.397 e. The van der Waals surface area contributed by atoms with Crippen molar-refractivity contribution in [1.82, 2.24) is 0 Å². The number of nitro groups is 1. The van der Waals surface area contributed by atoms with E-state index in [1.165, 1.54) is 12.1 Å². The Bertz CT molecular complexity index is 405. The van der Waals surface area contributed by atoms with E-state index in [4.69, 9.17) is 5.73 Å². The predicted octanol–water partition coefficient (Wildman–Crippen LogP) is 1.73. The van der Waals surface area contributed by atoms with E-state index in [2.05, 4.69) is 4.90 Å². The Hall–Kier alpha value is -1.43. The van der Waals surface area contributed by atoms with E-state index in [-0.39, 0.29) is 5.69 Å². The third-order valence-corrected chi connectivity index (χ3v) is 3.52. The van der Waals surface area contributed by atoms with Gasteiger partial charge in [-0.2, -0.15) is 11.8 Å². The van der Waals surface area contributed by atoms with Crippen molar-refractivity contribution >= 4 is 28.8 Å². The van der Waals surface area contributed by atoms with Crippen LogP contribution in [0.25, 0.3) is 0 Å². The van der Waals surface area contributed by atoms with Crippen LogP contribution >= 0.6 is 11.8 Å². The molecule has 1 aromatic rings. The van der Waals surface area contributed by atoms with Crippen LogP contribution in [0.3, 0.4) is 0 Å². The number of nitrogens with two attached hydrogens (primary N) is 1. The first-order chi connectivity index (χ1) is 7.68. The van der Waals surface area contributed by atoms with Gasteiger partial charge in [-0.25, -0.2) is 0 Å². The van der Waals surface area contributed by atoms with Crippen LogP contribution in [0.15, 0.2) is 18.2 Å². The molecular weight excluding hydrogens is 226 g/mol. The molecule has 6 heteroatoms. The van der Waals surface area contributed by atoms with Gasteiger partial charge in [0.05, 0.1) is 16.3 Å². The zero-order valence-electron chi connectivity index (χ0n) is 8.76. The molecule has 0 spiro atoms. The molecular formula is C10H13N3O2S. The molecule has 1 heterocycles. The number of nitrogens with zero attached hydrogens (tertiary/aromatic N) is 2. The molecule has 0 atom stereocenters. The van der Waals surface area contributed by atoms with Gasteiger partial charge in [0.1, 0.15) is 0 Å². The van der Waals surface area contributed by atoms with Crippen molar-refractivity contribution < 1.29 is 4.92 Å². The number of hydrogen-bond acceptors (Lipinski definition) is 5. The quantitative estimate of drug-likeness (QED) is 0.483. The second kappa shape index (κ2) is 4.61. The molecule has 0 aliphatic carbocycles. The maximum Gasteiger partial charge on any atom is 0.271 e. The maximum atomic E-state index is 10.6.